The lowest BCUT2D eigenvalue weighted by molar-refractivity contribution is -0.141. The third kappa shape index (κ3) is 3.17. The number of nitrogens with one attached hydrogen (secondary N) is 1. The van der Waals surface area contributed by atoms with Crippen LogP contribution in [0, 0.1) is 6.92 Å². The predicted octanol–water partition coefficient (Wildman–Crippen LogP) is 5.51. The zero-order valence-corrected chi connectivity index (χ0v) is 15.2. The molecule has 1 N–H and O–H groups in total. The van der Waals surface area contributed by atoms with Crippen LogP contribution in [0.4, 0.5) is 18.9 Å². The topological polar surface area (TPSA) is 42.0 Å². The number of hydrogen-bond acceptors (Lipinski definition) is 3. The highest BCUT2D eigenvalue weighted by atomic mass is 32.1. The molecule has 1 unspecified atom stereocenters. The minimum absolute atomic E-state index is 0.0201. The molecule has 0 saturated carbocycles. The average molecular weight is 368 g/mol. The van der Waals surface area contributed by atoms with Crippen LogP contribution >= 0.6 is 11.3 Å². The van der Waals surface area contributed by atoms with E-state index in [9.17, 15) is 18.0 Å². The number of anilines is 1. The van der Waals surface area contributed by atoms with Crippen LogP contribution in [0.5, 0.6) is 0 Å². The van der Waals surface area contributed by atoms with E-state index in [1.54, 1.807) is 6.07 Å². The summed E-state index contributed by atoms with van der Waals surface area (Å²) in [6.07, 6.45) is -3.71. The lowest BCUT2D eigenvalue weighted by Crippen LogP contribution is -2.18. The molecule has 0 aliphatic heterocycles. The van der Waals surface area contributed by atoms with Gasteiger partial charge >= 0.3 is 6.18 Å². The van der Waals surface area contributed by atoms with Gasteiger partial charge in [0.2, 0.25) is 0 Å². The van der Waals surface area contributed by atoms with Crippen LogP contribution in [0.2, 0.25) is 0 Å². The number of alkyl halides is 3. The van der Waals surface area contributed by atoms with Crippen molar-refractivity contribution in [2.24, 2.45) is 0 Å². The zero-order chi connectivity index (χ0) is 18.6. The Bertz CT molecular complexity index is 839. The third-order valence-electron chi connectivity index (χ3n) is 4.60. The predicted molar refractivity (Wildman–Crippen MR) is 92.3 cm³/mol. The van der Waals surface area contributed by atoms with Crippen molar-refractivity contribution < 1.29 is 18.0 Å². The first-order valence-electron chi connectivity index (χ1n) is 8.00. The van der Waals surface area contributed by atoms with E-state index >= 15 is 0 Å². The van der Waals surface area contributed by atoms with Gasteiger partial charge in [0.15, 0.2) is 5.69 Å². The molecule has 3 rings (SSSR count). The average Bonchev–Trinajstić information content (AvgIpc) is 2.98. The number of amides is 1. The van der Waals surface area contributed by atoms with Crippen molar-refractivity contribution in [2.75, 3.05) is 5.32 Å². The summed E-state index contributed by atoms with van der Waals surface area (Å²) in [5, 5.41) is 2.90. The Kier molecular flexibility index (Phi) is 4.18. The van der Waals surface area contributed by atoms with Gasteiger partial charge in [0.1, 0.15) is 4.88 Å². The van der Waals surface area contributed by atoms with Crippen molar-refractivity contribution in [3.8, 4) is 0 Å². The second-order valence-corrected chi connectivity index (χ2v) is 8.32. The highest BCUT2D eigenvalue weighted by molar-refractivity contribution is 7.13. The SMILES string of the molecule is Cc1nc(C(F)(F)F)c(C(=O)Nc2cccc3c2C(C)CC3(C)C)s1. The molecule has 1 amide bonds. The first-order valence-corrected chi connectivity index (χ1v) is 8.81. The zero-order valence-electron chi connectivity index (χ0n) is 14.4. The van der Waals surface area contributed by atoms with Crippen LogP contribution in [0.3, 0.4) is 0 Å². The fraction of sp³-hybridized carbons (Fsp3) is 0.444. The van der Waals surface area contributed by atoms with E-state index in [-0.39, 0.29) is 16.3 Å². The normalized spacial score (nSPS) is 18.9. The molecule has 0 bridgehead atoms. The van der Waals surface area contributed by atoms with E-state index in [0.717, 1.165) is 28.9 Å². The van der Waals surface area contributed by atoms with Crippen molar-refractivity contribution >= 4 is 22.9 Å². The van der Waals surface area contributed by atoms with Gasteiger partial charge in [-0.05, 0) is 41.9 Å². The summed E-state index contributed by atoms with van der Waals surface area (Å²) < 4.78 is 39.3. The van der Waals surface area contributed by atoms with Gasteiger partial charge in [-0.25, -0.2) is 4.98 Å². The van der Waals surface area contributed by atoms with Gasteiger partial charge in [0.05, 0.1) is 5.01 Å². The Labute approximate surface area is 148 Å². The minimum Gasteiger partial charge on any atom is -0.321 e. The number of carbonyl (C=O) groups is 1. The van der Waals surface area contributed by atoms with Crippen LogP contribution in [0.15, 0.2) is 18.2 Å². The van der Waals surface area contributed by atoms with E-state index in [0.29, 0.717) is 5.69 Å². The van der Waals surface area contributed by atoms with Crippen molar-refractivity contribution in [1.82, 2.24) is 4.98 Å². The number of nitrogens with zero attached hydrogens (tertiary/aromatic N) is 1. The highest BCUT2D eigenvalue weighted by Gasteiger charge is 2.40. The smallest absolute Gasteiger partial charge is 0.321 e. The Morgan fingerprint density at radius 2 is 2.04 bits per heavy atom. The van der Waals surface area contributed by atoms with Crippen LogP contribution in [0.1, 0.15) is 64.6 Å². The monoisotopic (exact) mass is 368 g/mol. The molecular weight excluding hydrogens is 349 g/mol. The summed E-state index contributed by atoms with van der Waals surface area (Å²) in [4.78, 5) is 15.6. The Hall–Kier alpha value is -1.89. The van der Waals surface area contributed by atoms with Gasteiger partial charge in [-0.3, -0.25) is 4.79 Å². The second kappa shape index (κ2) is 5.83. The fourth-order valence-electron chi connectivity index (χ4n) is 3.72. The lowest BCUT2D eigenvalue weighted by Gasteiger charge is -2.19. The molecule has 0 spiro atoms. The van der Waals surface area contributed by atoms with Crippen molar-refractivity contribution in [2.45, 2.75) is 51.6 Å². The van der Waals surface area contributed by atoms with E-state index in [1.165, 1.54) is 6.92 Å². The van der Waals surface area contributed by atoms with Gasteiger partial charge < -0.3 is 5.32 Å². The first-order chi connectivity index (χ1) is 11.5. The van der Waals surface area contributed by atoms with Gasteiger partial charge in [0, 0.05) is 5.69 Å². The summed E-state index contributed by atoms with van der Waals surface area (Å²) in [5.41, 5.74) is 1.59. The van der Waals surface area contributed by atoms with Gasteiger partial charge in [-0.15, -0.1) is 11.3 Å². The molecule has 7 heteroatoms. The standard InChI is InChI=1S/C18H19F3N2OS/c1-9-8-17(3,4)11-6-5-7-12(13(9)11)23-16(24)14-15(18(19,20)21)22-10(2)25-14/h5-7,9H,8H2,1-4H3,(H,23,24). The summed E-state index contributed by atoms with van der Waals surface area (Å²) in [5.74, 6) is -0.532. The number of halogens is 3. The number of benzene rings is 1. The fourth-order valence-corrected chi connectivity index (χ4v) is 4.56. The molecule has 2 aromatic rings. The number of aryl methyl sites for hydroxylation is 1. The molecule has 134 valence electrons. The number of fused-ring (bicyclic) bond motifs is 1. The molecule has 1 aromatic heterocycles. The summed E-state index contributed by atoms with van der Waals surface area (Å²) in [6, 6.07) is 5.60. The molecule has 0 radical (unpaired) electrons. The number of thiazole rings is 1. The molecule has 0 fully saturated rings. The highest BCUT2D eigenvalue weighted by Crippen LogP contribution is 2.48. The number of carbonyl (C=O) groups excluding carboxylic acids is 1. The first kappa shape index (κ1) is 17.9. The molecule has 1 heterocycles. The largest absolute Gasteiger partial charge is 0.435 e. The molecule has 25 heavy (non-hydrogen) atoms. The molecular formula is C18H19F3N2OS. The number of aromatic nitrogens is 1. The maximum atomic E-state index is 13.1. The lowest BCUT2D eigenvalue weighted by atomic mass is 9.86. The van der Waals surface area contributed by atoms with Crippen LogP contribution in [-0.4, -0.2) is 10.9 Å². The minimum atomic E-state index is -4.65. The summed E-state index contributed by atoms with van der Waals surface area (Å²) >= 11 is 0.759. The van der Waals surface area contributed by atoms with E-state index < -0.39 is 22.7 Å². The second-order valence-electron chi connectivity index (χ2n) is 7.12. The van der Waals surface area contributed by atoms with Crippen LogP contribution in [-0.2, 0) is 11.6 Å². The van der Waals surface area contributed by atoms with Crippen molar-refractivity contribution in [3.05, 3.63) is 44.9 Å². The molecule has 1 aliphatic rings. The van der Waals surface area contributed by atoms with E-state index in [2.05, 4.69) is 31.1 Å². The summed E-state index contributed by atoms with van der Waals surface area (Å²) in [7, 11) is 0. The number of rotatable bonds is 2. The molecule has 1 aliphatic carbocycles. The van der Waals surface area contributed by atoms with Gasteiger partial charge in [-0.1, -0.05) is 32.9 Å². The van der Waals surface area contributed by atoms with Gasteiger partial charge in [-0.2, -0.15) is 13.2 Å². The van der Waals surface area contributed by atoms with Crippen molar-refractivity contribution in [1.29, 1.82) is 0 Å². The van der Waals surface area contributed by atoms with Crippen LogP contribution in [0.25, 0.3) is 0 Å². The van der Waals surface area contributed by atoms with Gasteiger partial charge in [0.25, 0.3) is 5.91 Å². The third-order valence-corrected chi connectivity index (χ3v) is 5.57. The Balaban J connectivity index is 1.98. The maximum absolute atomic E-state index is 13.1. The van der Waals surface area contributed by atoms with E-state index in [4.69, 9.17) is 0 Å². The Morgan fingerprint density at radius 1 is 1.36 bits per heavy atom. The van der Waals surface area contributed by atoms with Crippen molar-refractivity contribution in [3.63, 3.8) is 0 Å². The molecule has 1 aromatic carbocycles. The quantitative estimate of drug-likeness (QED) is 0.760. The molecule has 3 nitrogen and oxygen atoms in total. The molecule has 0 saturated heterocycles. The molecule has 1 atom stereocenters. The summed E-state index contributed by atoms with van der Waals surface area (Å²) in [6.45, 7) is 7.80. The Morgan fingerprint density at radius 3 is 2.68 bits per heavy atom. The van der Waals surface area contributed by atoms with E-state index in [1.807, 2.05) is 12.1 Å². The van der Waals surface area contributed by atoms with Crippen LogP contribution < -0.4 is 5.32 Å². The maximum Gasteiger partial charge on any atom is 0.435 e. The number of hydrogen-bond donors (Lipinski definition) is 1.